The third-order valence-corrected chi connectivity index (χ3v) is 7.92. The smallest absolute Gasteiger partial charge is 0.286 e. The van der Waals surface area contributed by atoms with Crippen LogP contribution in [-0.2, 0) is 17.0 Å². The van der Waals surface area contributed by atoms with Crippen molar-refractivity contribution in [3.05, 3.63) is 68.7 Å². The van der Waals surface area contributed by atoms with E-state index in [1.165, 1.54) is 25.6 Å². The average Bonchev–Trinajstić information content (AvgIpc) is 3.38. The number of fused-ring (bicyclic) bond motifs is 1. The van der Waals surface area contributed by atoms with Gasteiger partial charge in [0, 0.05) is 36.1 Å². The molecular weight excluding hydrogens is 513 g/mol. The topological polar surface area (TPSA) is 82.8 Å². The Bertz CT molecular complexity index is 1430. The summed E-state index contributed by atoms with van der Waals surface area (Å²) in [6.07, 6.45) is 1.86. The lowest BCUT2D eigenvalue weighted by Gasteiger charge is -2.33. The number of amidine groups is 1. The first-order valence-electron chi connectivity index (χ1n) is 12.2. The van der Waals surface area contributed by atoms with E-state index in [1.807, 2.05) is 46.8 Å². The first kappa shape index (κ1) is 25.9. The van der Waals surface area contributed by atoms with Crippen molar-refractivity contribution in [3.63, 3.8) is 0 Å². The predicted octanol–water partition coefficient (Wildman–Crippen LogP) is 4.49. The number of amides is 1. The van der Waals surface area contributed by atoms with Crippen LogP contribution in [0.3, 0.4) is 0 Å². The van der Waals surface area contributed by atoms with Gasteiger partial charge in [-0.1, -0.05) is 23.7 Å². The van der Waals surface area contributed by atoms with Crippen molar-refractivity contribution in [2.45, 2.75) is 39.0 Å². The molecule has 7 nitrogen and oxygen atoms in total. The Labute approximate surface area is 224 Å². The van der Waals surface area contributed by atoms with Gasteiger partial charge in [0.05, 0.1) is 29.3 Å². The van der Waals surface area contributed by atoms with E-state index in [-0.39, 0.29) is 18.6 Å². The number of carbonyl (C=O) groups excluding carboxylic acids is 1. The fraction of sp³-hybridized carbons (Fsp3) is 0.370. The van der Waals surface area contributed by atoms with Crippen LogP contribution in [0, 0.1) is 6.92 Å². The highest BCUT2D eigenvalue weighted by molar-refractivity contribution is 8.18. The maximum atomic E-state index is 14.9. The van der Waals surface area contributed by atoms with Crippen LogP contribution in [-0.4, -0.2) is 63.1 Å². The van der Waals surface area contributed by atoms with Crippen LogP contribution in [0.5, 0.6) is 0 Å². The Kier molecular flexibility index (Phi) is 7.15. The molecule has 2 aromatic carbocycles. The van der Waals surface area contributed by atoms with Gasteiger partial charge in [-0.05, 0) is 79.6 Å². The highest BCUT2D eigenvalue weighted by atomic mass is 35.5. The number of nitrogens with zero attached hydrogens (tertiary/aromatic N) is 4. The summed E-state index contributed by atoms with van der Waals surface area (Å²) in [5, 5.41) is 19.6. The molecule has 2 N–H and O–H groups in total. The fourth-order valence-corrected chi connectivity index (χ4v) is 5.90. The van der Waals surface area contributed by atoms with E-state index in [0.717, 1.165) is 40.8 Å². The molecule has 1 fully saturated rings. The molecule has 2 aliphatic heterocycles. The molecular formula is C27H29ClFN5O2S. The summed E-state index contributed by atoms with van der Waals surface area (Å²) in [7, 11) is 0. The maximum absolute atomic E-state index is 14.9. The van der Waals surface area contributed by atoms with Gasteiger partial charge in [0.1, 0.15) is 5.67 Å². The number of benzene rings is 2. The van der Waals surface area contributed by atoms with Crippen molar-refractivity contribution in [1.82, 2.24) is 20.0 Å². The standard InChI is InChI=1S/C27H29ClFN5O2S/c1-16-21-10-17(11-24-25(36)31-26(37-24)33-9-8-30-20(14-33)15-35)4-7-23(21)34(32-16)13-18-5-6-19(28)12-22(18)27(2,3)29/h4-7,10-12,20,30,35H,8-9,13-15H2,1-3H3/b24-11-/t20-/m0/s1. The summed E-state index contributed by atoms with van der Waals surface area (Å²) in [6.45, 7) is 7.54. The number of aromatic nitrogens is 2. The van der Waals surface area contributed by atoms with Gasteiger partial charge in [-0.3, -0.25) is 9.48 Å². The molecule has 5 rings (SSSR count). The molecule has 2 aliphatic rings. The van der Waals surface area contributed by atoms with Crippen LogP contribution in [0.2, 0.25) is 5.02 Å². The fourth-order valence-electron chi connectivity index (χ4n) is 4.78. The quantitative estimate of drug-likeness (QED) is 0.463. The minimum Gasteiger partial charge on any atom is -0.395 e. The maximum Gasteiger partial charge on any atom is 0.286 e. The number of hydrogen-bond donors (Lipinski definition) is 2. The normalized spacial score (nSPS) is 19.8. The number of nitrogens with one attached hydrogen (secondary N) is 1. The lowest BCUT2D eigenvalue weighted by molar-refractivity contribution is -0.113. The first-order chi connectivity index (χ1) is 17.6. The lowest BCUT2D eigenvalue weighted by Crippen LogP contribution is -2.53. The summed E-state index contributed by atoms with van der Waals surface area (Å²) in [5.74, 6) is -0.254. The monoisotopic (exact) mass is 541 g/mol. The summed E-state index contributed by atoms with van der Waals surface area (Å²) in [4.78, 5) is 19.5. The zero-order valence-corrected chi connectivity index (χ0v) is 22.5. The van der Waals surface area contributed by atoms with Crippen LogP contribution in [0.15, 0.2) is 46.3 Å². The molecule has 0 spiro atoms. The second-order valence-electron chi connectivity index (χ2n) is 9.88. The second kappa shape index (κ2) is 10.2. The molecule has 3 aromatic rings. The Morgan fingerprint density at radius 3 is 2.86 bits per heavy atom. The number of alkyl halides is 1. The Morgan fingerprint density at radius 1 is 1.30 bits per heavy atom. The van der Waals surface area contributed by atoms with Crippen LogP contribution >= 0.6 is 23.4 Å². The number of hydrogen-bond acceptors (Lipinski definition) is 6. The van der Waals surface area contributed by atoms with Crippen molar-refractivity contribution < 1.29 is 14.3 Å². The number of aryl methyl sites for hydroxylation is 1. The van der Waals surface area contributed by atoms with Crippen molar-refractivity contribution in [2.24, 2.45) is 4.99 Å². The van der Waals surface area contributed by atoms with Gasteiger partial charge >= 0.3 is 0 Å². The van der Waals surface area contributed by atoms with Gasteiger partial charge in [-0.15, -0.1) is 0 Å². The van der Waals surface area contributed by atoms with Gasteiger partial charge < -0.3 is 15.3 Å². The number of rotatable bonds is 5. The highest BCUT2D eigenvalue weighted by Crippen LogP contribution is 2.33. The Balaban J connectivity index is 1.39. The van der Waals surface area contributed by atoms with E-state index in [1.54, 1.807) is 12.1 Å². The Morgan fingerprint density at radius 2 is 2.11 bits per heavy atom. The van der Waals surface area contributed by atoms with Gasteiger partial charge in [-0.25, -0.2) is 4.39 Å². The minimum absolute atomic E-state index is 0.0259. The van der Waals surface area contributed by atoms with Crippen LogP contribution in [0.1, 0.15) is 36.2 Å². The molecule has 1 saturated heterocycles. The third kappa shape index (κ3) is 5.45. The van der Waals surface area contributed by atoms with Crippen LogP contribution < -0.4 is 5.32 Å². The number of piperazine rings is 1. The molecule has 194 valence electrons. The molecule has 0 radical (unpaired) electrons. The number of thioether (sulfide) groups is 1. The third-order valence-electron chi connectivity index (χ3n) is 6.65. The van der Waals surface area contributed by atoms with Gasteiger partial charge in [0.15, 0.2) is 5.17 Å². The molecule has 37 heavy (non-hydrogen) atoms. The zero-order valence-electron chi connectivity index (χ0n) is 21.0. The summed E-state index contributed by atoms with van der Waals surface area (Å²) >= 11 is 7.51. The van der Waals surface area contributed by atoms with Crippen LogP contribution in [0.4, 0.5) is 4.39 Å². The molecule has 0 unspecified atom stereocenters. The SMILES string of the molecule is Cc1nn(Cc2ccc(Cl)cc2C(C)(C)F)c2ccc(/C=C3\SC(N4CCN[C@H](CO)C4)=NC3=O)cc12. The van der Waals surface area contributed by atoms with E-state index in [2.05, 4.69) is 10.3 Å². The summed E-state index contributed by atoms with van der Waals surface area (Å²) in [5.41, 5.74) is 2.49. The van der Waals surface area contributed by atoms with Crippen molar-refractivity contribution >= 4 is 51.4 Å². The Hall–Kier alpha value is -2.72. The molecule has 1 atom stereocenters. The van der Waals surface area contributed by atoms with Crippen molar-refractivity contribution in [1.29, 1.82) is 0 Å². The number of halogens is 2. The number of aliphatic imine (C=N–C) groups is 1. The average molecular weight is 542 g/mol. The molecule has 1 aromatic heterocycles. The number of aliphatic hydroxyl groups excluding tert-OH is 1. The molecule has 0 bridgehead atoms. The molecule has 1 amide bonds. The van der Waals surface area contributed by atoms with Gasteiger partial charge in [-0.2, -0.15) is 10.1 Å². The van der Waals surface area contributed by atoms with E-state index >= 15 is 0 Å². The van der Waals surface area contributed by atoms with Gasteiger partial charge in [0.25, 0.3) is 5.91 Å². The second-order valence-corrected chi connectivity index (χ2v) is 11.3. The van der Waals surface area contributed by atoms with Gasteiger partial charge in [0.2, 0.25) is 0 Å². The molecule has 10 heteroatoms. The predicted molar refractivity (Wildman–Crippen MR) is 148 cm³/mol. The molecule has 0 saturated carbocycles. The van der Waals surface area contributed by atoms with Crippen molar-refractivity contribution in [2.75, 3.05) is 26.2 Å². The largest absolute Gasteiger partial charge is 0.395 e. The zero-order chi connectivity index (χ0) is 26.3. The highest BCUT2D eigenvalue weighted by Gasteiger charge is 2.29. The number of carbonyl (C=O) groups is 1. The van der Waals surface area contributed by atoms with E-state index in [0.29, 0.717) is 33.7 Å². The van der Waals surface area contributed by atoms with E-state index in [9.17, 15) is 14.3 Å². The summed E-state index contributed by atoms with van der Waals surface area (Å²) in [6, 6.07) is 11.2. The number of aliphatic hydroxyl groups is 1. The van der Waals surface area contributed by atoms with E-state index in [4.69, 9.17) is 16.7 Å². The first-order valence-corrected chi connectivity index (χ1v) is 13.4. The molecule has 0 aliphatic carbocycles. The van der Waals surface area contributed by atoms with Crippen LogP contribution in [0.25, 0.3) is 17.0 Å². The lowest BCUT2D eigenvalue weighted by atomic mass is 9.94. The minimum atomic E-state index is -1.53. The molecule has 3 heterocycles. The summed E-state index contributed by atoms with van der Waals surface area (Å²) < 4.78 is 16.8. The van der Waals surface area contributed by atoms with Crippen molar-refractivity contribution in [3.8, 4) is 0 Å². The van der Waals surface area contributed by atoms with E-state index < -0.39 is 5.67 Å².